The molecule has 5 nitrogen and oxygen atoms in total. The lowest BCUT2D eigenvalue weighted by Gasteiger charge is -2.30. The van der Waals surface area contributed by atoms with Gasteiger partial charge in [-0.3, -0.25) is 5.10 Å². The summed E-state index contributed by atoms with van der Waals surface area (Å²) in [6.45, 7) is 7.10. The molecule has 2 N–H and O–H groups in total. The lowest BCUT2D eigenvalue weighted by atomic mass is 10.1. The first-order valence-corrected chi connectivity index (χ1v) is 7.60. The number of aryl methyl sites for hydroxylation is 1. The molecule has 1 aromatic heterocycles. The fraction of sp³-hybridized carbons (Fsp3) is 0.429. The van der Waals surface area contributed by atoms with E-state index in [1.807, 2.05) is 12.1 Å². The molecular formula is C14H18BrN5. The zero-order valence-corrected chi connectivity index (χ0v) is 13.2. The summed E-state index contributed by atoms with van der Waals surface area (Å²) < 4.78 is 1.07. The number of piperazine rings is 1. The standard InChI is InChI=1S/C14H18BrN5/c1-9-4-3-5-11(12(9)15)13-17-14(19-18-13)20-7-6-16-10(2)8-20/h3-5,10,16H,6-8H2,1-2H3,(H,17,18,19)/t10-/m0/s1. The van der Waals surface area contributed by atoms with E-state index < -0.39 is 0 Å². The van der Waals surface area contributed by atoms with Gasteiger partial charge in [0.2, 0.25) is 5.95 Å². The number of hydrogen-bond acceptors (Lipinski definition) is 4. The molecule has 1 aromatic carbocycles. The highest BCUT2D eigenvalue weighted by molar-refractivity contribution is 9.10. The Labute approximate surface area is 126 Å². The van der Waals surface area contributed by atoms with Crippen molar-refractivity contribution in [1.29, 1.82) is 0 Å². The highest BCUT2D eigenvalue weighted by atomic mass is 79.9. The van der Waals surface area contributed by atoms with Crippen molar-refractivity contribution in [3.63, 3.8) is 0 Å². The van der Waals surface area contributed by atoms with Gasteiger partial charge in [0.25, 0.3) is 0 Å². The number of hydrogen-bond donors (Lipinski definition) is 2. The number of rotatable bonds is 2. The number of benzene rings is 1. The first-order chi connectivity index (χ1) is 9.65. The van der Waals surface area contributed by atoms with Gasteiger partial charge in [-0.1, -0.05) is 18.2 Å². The van der Waals surface area contributed by atoms with E-state index in [9.17, 15) is 0 Å². The van der Waals surface area contributed by atoms with Crippen molar-refractivity contribution in [2.75, 3.05) is 24.5 Å². The second-order valence-corrected chi connectivity index (χ2v) is 6.01. The zero-order chi connectivity index (χ0) is 14.1. The van der Waals surface area contributed by atoms with Crippen LogP contribution in [-0.4, -0.2) is 40.9 Å². The van der Waals surface area contributed by atoms with E-state index in [-0.39, 0.29) is 0 Å². The molecule has 2 heterocycles. The van der Waals surface area contributed by atoms with Gasteiger partial charge in [-0.2, -0.15) is 4.98 Å². The molecule has 1 atom stereocenters. The molecule has 1 aliphatic rings. The Morgan fingerprint density at radius 2 is 2.25 bits per heavy atom. The third-order valence-corrected chi connectivity index (χ3v) is 4.62. The summed E-state index contributed by atoms with van der Waals surface area (Å²) in [5.41, 5.74) is 2.24. The van der Waals surface area contributed by atoms with Crippen LogP contribution in [0.3, 0.4) is 0 Å². The maximum Gasteiger partial charge on any atom is 0.245 e. The van der Waals surface area contributed by atoms with E-state index in [0.29, 0.717) is 6.04 Å². The summed E-state index contributed by atoms with van der Waals surface area (Å²) in [6, 6.07) is 6.62. The van der Waals surface area contributed by atoms with E-state index >= 15 is 0 Å². The smallest absolute Gasteiger partial charge is 0.245 e. The summed E-state index contributed by atoms with van der Waals surface area (Å²) >= 11 is 3.62. The van der Waals surface area contributed by atoms with Gasteiger partial charge in [-0.25, -0.2) is 0 Å². The number of aromatic nitrogens is 3. The van der Waals surface area contributed by atoms with Crippen molar-refractivity contribution in [2.24, 2.45) is 0 Å². The monoisotopic (exact) mass is 335 g/mol. The molecule has 0 aliphatic carbocycles. The minimum absolute atomic E-state index is 0.469. The van der Waals surface area contributed by atoms with Crippen LogP contribution in [0.4, 0.5) is 5.95 Å². The number of nitrogens with one attached hydrogen (secondary N) is 2. The van der Waals surface area contributed by atoms with Crippen LogP contribution in [0.5, 0.6) is 0 Å². The predicted molar refractivity (Wildman–Crippen MR) is 83.9 cm³/mol. The molecule has 3 rings (SSSR count). The maximum absolute atomic E-state index is 4.64. The zero-order valence-electron chi connectivity index (χ0n) is 11.7. The Balaban J connectivity index is 1.88. The Kier molecular flexibility index (Phi) is 3.76. The Bertz CT molecular complexity index is 609. The van der Waals surface area contributed by atoms with Crippen LogP contribution in [0, 0.1) is 6.92 Å². The largest absolute Gasteiger partial charge is 0.337 e. The molecule has 0 radical (unpaired) electrons. The Hall–Kier alpha value is -1.40. The lowest BCUT2D eigenvalue weighted by Crippen LogP contribution is -2.49. The van der Waals surface area contributed by atoms with Gasteiger partial charge in [-0.15, -0.1) is 5.10 Å². The fourth-order valence-electron chi connectivity index (χ4n) is 2.46. The van der Waals surface area contributed by atoms with Crippen molar-refractivity contribution < 1.29 is 0 Å². The van der Waals surface area contributed by atoms with E-state index in [1.54, 1.807) is 0 Å². The van der Waals surface area contributed by atoms with E-state index in [2.05, 4.69) is 61.2 Å². The van der Waals surface area contributed by atoms with Crippen LogP contribution in [0.2, 0.25) is 0 Å². The second kappa shape index (κ2) is 5.54. The molecule has 106 valence electrons. The molecular weight excluding hydrogens is 318 g/mol. The highest BCUT2D eigenvalue weighted by Gasteiger charge is 2.20. The third kappa shape index (κ3) is 2.58. The second-order valence-electron chi connectivity index (χ2n) is 5.22. The Morgan fingerprint density at radius 1 is 1.40 bits per heavy atom. The quantitative estimate of drug-likeness (QED) is 0.884. The van der Waals surface area contributed by atoms with Crippen LogP contribution < -0.4 is 10.2 Å². The topological polar surface area (TPSA) is 56.8 Å². The van der Waals surface area contributed by atoms with Gasteiger partial charge >= 0.3 is 0 Å². The van der Waals surface area contributed by atoms with Crippen molar-refractivity contribution in [2.45, 2.75) is 19.9 Å². The van der Waals surface area contributed by atoms with E-state index in [1.165, 1.54) is 5.56 Å². The van der Waals surface area contributed by atoms with Crippen molar-refractivity contribution in [1.82, 2.24) is 20.5 Å². The molecule has 0 amide bonds. The molecule has 2 aromatic rings. The first kappa shape index (κ1) is 13.6. The molecule has 6 heteroatoms. The number of nitrogens with zero attached hydrogens (tertiary/aromatic N) is 3. The van der Waals surface area contributed by atoms with Gasteiger partial charge in [0, 0.05) is 35.7 Å². The van der Waals surface area contributed by atoms with Crippen LogP contribution >= 0.6 is 15.9 Å². The van der Waals surface area contributed by atoms with Gasteiger partial charge in [-0.05, 0) is 35.3 Å². The van der Waals surface area contributed by atoms with Crippen LogP contribution in [0.15, 0.2) is 22.7 Å². The molecule has 0 spiro atoms. The number of halogens is 1. The third-order valence-electron chi connectivity index (χ3n) is 3.57. The van der Waals surface area contributed by atoms with E-state index in [4.69, 9.17) is 0 Å². The molecule has 1 saturated heterocycles. The molecule has 0 bridgehead atoms. The van der Waals surface area contributed by atoms with Crippen molar-refractivity contribution in [3.8, 4) is 11.4 Å². The molecule has 0 unspecified atom stereocenters. The molecule has 0 saturated carbocycles. The minimum Gasteiger partial charge on any atom is -0.337 e. The van der Waals surface area contributed by atoms with Crippen molar-refractivity contribution >= 4 is 21.9 Å². The molecule has 20 heavy (non-hydrogen) atoms. The summed E-state index contributed by atoms with van der Waals surface area (Å²) in [5.74, 6) is 1.59. The molecule has 1 fully saturated rings. The average molecular weight is 336 g/mol. The SMILES string of the molecule is Cc1cccc(-c2nc(N3CCN[C@@H](C)C3)n[nH]2)c1Br. The van der Waals surface area contributed by atoms with Crippen LogP contribution in [0.1, 0.15) is 12.5 Å². The summed E-state index contributed by atoms with van der Waals surface area (Å²) in [7, 11) is 0. The van der Waals surface area contributed by atoms with E-state index in [0.717, 1.165) is 41.4 Å². The van der Waals surface area contributed by atoms with Crippen molar-refractivity contribution in [3.05, 3.63) is 28.2 Å². The lowest BCUT2D eigenvalue weighted by molar-refractivity contribution is 0.480. The fourth-order valence-corrected chi connectivity index (χ4v) is 2.91. The summed E-state index contributed by atoms with van der Waals surface area (Å²) in [4.78, 5) is 6.86. The highest BCUT2D eigenvalue weighted by Crippen LogP contribution is 2.29. The predicted octanol–water partition coefficient (Wildman–Crippen LogP) is 2.34. The normalized spacial score (nSPS) is 19.4. The van der Waals surface area contributed by atoms with Gasteiger partial charge in [0.1, 0.15) is 0 Å². The Morgan fingerprint density at radius 3 is 3.05 bits per heavy atom. The first-order valence-electron chi connectivity index (χ1n) is 6.81. The van der Waals surface area contributed by atoms with Crippen LogP contribution in [0.25, 0.3) is 11.4 Å². The number of aromatic amines is 1. The van der Waals surface area contributed by atoms with Crippen LogP contribution in [-0.2, 0) is 0 Å². The molecule has 1 aliphatic heterocycles. The van der Waals surface area contributed by atoms with Gasteiger partial charge in [0.05, 0.1) is 0 Å². The summed E-state index contributed by atoms with van der Waals surface area (Å²) in [5, 5.41) is 10.8. The minimum atomic E-state index is 0.469. The van der Waals surface area contributed by atoms with Gasteiger partial charge in [0.15, 0.2) is 5.82 Å². The average Bonchev–Trinajstić information content (AvgIpc) is 2.91. The maximum atomic E-state index is 4.64. The number of H-pyrrole nitrogens is 1. The number of anilines is 1. The van der Waals surface area contributed by atoms with Gasteiger partial charge < -0.3 is 10.2 Å². The summed E-state index contributed by atoms with van der Waals surface area (Å²) in [6.07, 6.45) is 0.